The number of aromatic nitrogens is 1. The zero-order chi connectivity index (χ0) is 9.26. The number of nitrogens with one attached hydrogen (secondary N) is 1. The Labute approximate surface area is 82.3 Å². The molecule has 2 heterocycles. The summed E-state index contributed by atoms with van der Waals surface area (Å²) in [5, 5.41) is 3.23. The van der Waals surface area contributed by atoms with Crippen molar-refractivity contribution < 1.29 is 4.74 Å². The summed E-state index contributed by atoms with van der Waals surface area (Å²) in [4.78, 5) is 1.26. The predicted octanol–water partition coefficient (Wildman–Crippen LogP) is 1.50. The van der Waals surface area contributed by atoms with Crippen LogP contribution in [0.3, 0.4) is 0 Å². The highest BCUT2D eigenvalue weighted by Crippen LogP contribution is 2.31. The van der Waals surface area contributed by atoms with Gasteiger partial charge in [-0.15, -0.1) is 0 Å². The van der Waals surface area contributed by atoms with E-state index in [1.165, 1.54) is 4.88 Å². The van der Waals surface area contributed by atoms with Crippen LogP contribution in [0.4, 0.5) is 0 Å². The molecule has 13 heavy (non-hydrogen) atoms. The normalized spacial score (nSPS) is 28.2. The van der Waals surface area contributed by atoms with E-state index in [4.69, 9.17) is 4.74 Å². The number of hydrogen-bond donors (Lipinski definition) is 1. The van der Waals surface area contributed by atoms with Crippen LogP contribution < -0.4 is 5.32 Å². The van der Waals surface area contributed by atoms with Gasteiger partial charge in [0.15, 0.2) is 0 Å². The highest BCUT2D eigenvalue weighted by molar-refractivity contribution is 7.05. The summed E-state index contributed by atoms with van der Waals surface area (Å²) in [6.45, 7) is 2.84. The van der Waals surface area contributed by atoms with E-state index < -0.39 is 0 Å². The highest BCUT2D eigenvalue weighted by atomic mass is 32.1. The lowest BCUT2D eigenvalue weighted by molar-refractivity contribution is 0.112. The maximum absolute atomic E-state index is 5.66. The predicted molar refractivity (Wildman–Crippen MR) is 53.0 cm³/mol. The van der Waals surface area contributed by atoms with Gasteiger partial charge in [0.25, 0.3) is 0 Å². The van der Waals surface area contributed by atoms with Gasteiger partial charge in [-0.2, -0.15) is 4.37 Å². The van der Waals surface area contributed by atoms with Crippen molar-refractivity contribution in [1.82, 2.24) is 9.69 Å². The van der Waals surface area contributed by atoms with Crippen LogP contribution in [0, 0.1) is 6.92 Å². The van der Waals surface area contributed by atoms with Gasteiger partial charge in [0.2, 0.25) is 0 Å². The molecule has 1 aromatic heterocycles. The van der Waals surface area contributed by atoms with Gasteiger partial charge >= 0.3 is 0 Å². The molecule has 4 heteroatoms. The molecule has 2 unspecified atom stereocenters. The average molecular weight is 198 g/mol. The van der Waals surface area contributed by atoms with E-state index >= 15 is 0 Å². The third kappa shape index (κ3) is 1.90. The Bertz CT molecular complexity index is 287. The van der Waals surface area contributed by atoms with Crippen LogP contribution in [0.2, 0.25) is 0 Å². The number of rotatable bonds is 2. The first kappa shape index (κ1) is 9.12. The Hall–Kier alpha value is -0.450. The molecule has 0 radical (unpaired) electrons. The van der Waals surface area contributed by atoms with E-state index in [0.717, 1.165) is 18.7 Å². The zero-order valence-electron chi connectivity index (χ0n) is 7.91. The van der Waals surface area contributed by atoms with Crippen LogP contribution in [0.25, 0.3) is 0 Å². The first-order valence-corrected chi connectivity index (χ1v) is 5.29. The van der Waals surface area contributed by atoms with Crippen molar-refractivity contribution in [2.45, 2.75) is 25.5 Å². The molecule has 0 amide bonds. The Balaban J connectivity index is 2.03. The van der Waals surface area contributed by atoms with Crippen LogP contribution >= 0.6 is 11.5 Å². The minimum atomic E-state index is 0.267. The minimum Gasteiger partial charge on any atom is -0.371 e. The van der Waals surface area contributed by atoms with Crippen molar-refractivity contribution in [3.05, 3.63) is 16.6 Å². The van der Waals surface area contributed by atoms with Crippen molar-refractivity contribution in [1.29, 1.82) is 0 Å². The third-order valence-electron chi connectivity index (χ3n) is 2.37. The summed E-state index contributed by atoms with van der Waals surface area (Å²) in [7, 11) is 1.98. The van der Waals surface area contributed by atoms with Gasteiger partial charge in [-0.3, -0.25) is 0 Å². The van der Waals surface area contributed by atoms with E-state index in [1.54, 1.807) is 11.5 Å². The number of nitrogens with zero attached hydrogens (tertiary/aromatic N) is 1. The third-order valence-corrected chi connectivity index (χ3v) is 3.34. The van der Waals surface area contributed by atoms with Crippen molar-refractivity contribution >= 4 is 11.5 Å². The van der Waals surface area contributed by atoms with E-state index in [1.807, 2.05) is 14.0 Å². The topological polar surface area (TPSA) is 34.1 Å². The Morgan fingerprint density at radius 1 is 1.69 bits per heavy atom. The molecule has 2 rings (SSSR count). The molecule has 1 N–H and O–H groups in total. The molecule has 3 nitrogen and oxygen atoms in total. The summed E-state index contributed by atoms with van der Waals surface area (Å²) in [5.41, 5.74) is 1.09. The first-order chi connectivity index (χ1) is 6.29. The molecular weight excluding hydrogens is 184 g/mol. The first-order valence-electron chi connectivity index (χ1n) is 4.51. The van der Waals surface area contributed by atoms with Crippen LogP contribution in [0.15, 0.2) is 6.07 Å². The van der Waals surface area contributed by atoms with Crippen LogP contribution in [-0.4, -0.2) is 24.1 Å². The Kier molecular flexibility index (Phi) is 2.62. The Morgan fingerprint density at radius 3 is 3.08 bits per heavy atom. The summed E-state index contributed by atoms with van der Waals surface area (Å²) < 4.78 is 9.92. The second kappa shape index (κ2) is 3.74. The van der Waals surface area contributed by atoms with Crippen LogP contribution in [0.5, 0.6) is 0 Å². The van der Waals surface area contributed by atoms with E-state index in [-0.39, 0.29) is 6.10 Å². The molecular formula is C9H14N2OS. The average Bonchev–Trinajstić information content (AvgIpc) is 2.71. The Morgan fingerprint density at radius 2 is 2.54 bits per heavy atom. The number of likely N-dealkylation sites (N-methyl/N-ethyl adjacent to an activating group) is 1. The highest BCUT2D eigenvalue weighted by Gasteiger charge is 2.26. The fourth-order valence-corrected chi connectivity index (χ4v) is 2.37. The van der Waals surface area contributed by atoms with Crippen LogP contribution in [0.1, 0.15) is 23.1 Å². The molecule has 0 aliphatic carbocycles. The molecule has 1 aliphatic rings. The summed E-state index contributed by atoms with van der Waals surface area (Å²) in [6, 6.07) is 2.63. The van der Waals surface area contributed by atoms with E-state index in [0.29, 0.717) is 6.04 Å². The smallest absolute Gasteiger partial charge is 0.0949 e. The molecule has 0 bridgehead atoms. The quantitative estimate of drug-likeness (QED) is 0.782. The maximum Gasteiger partial charge on any atom is 0.0949 e. The molecule has 0 saturated carbocycles. The number of ether oxygens (including phenoxy) is 1. The fourth-order valence-electron chi connectivity index (χ4n) is 1.56. The molecule has 0 aromatic carbocycles. The lowest BCUT2D eigenvalue weighted by Gasteiger charge is -2.05. The van der Waals surface area contributed by atoms with Gasteiger partial charge < -0.3 is 10.1 Å². The van der Waals surface area contributed by atoms with Gasteiger partial charge in [-0.25, -0.2) is 0 Å². The molecule has 1 aliphatic heterocycles. The second-order valence-corrected chi connectivity index (χ2v) is 4.25. The lowest BCUT2D eigenvalue weighted by atomic mass is 10.1. The van der Waals surface area contributed by atoms with Crippen molar-refractivity contribution in [3.8, 4) is 0 Å². The van der Waals surface area contributed by atoms with E-state index in [9.17, 15) is 0 Å². The van der Waals surface area contributed by atoms with Crippen molar-refractivity contribution in [3.63, 3.8) is 0 Å². The minimum absolute atomic E-state index is 0.267. The molecule has 72 valence electrons. The van der Waals surface area contributed by atoms with Crippen LogP contribution in [-0.2, 0) is 4.74 Å². The van der Waals surface area contributed by atoms with Gasteiger partial charge in [-0.1, -0.05) is 0 Å². The largest absolute Gasteiger partial charge is 0.371 e. The molecule has 1 saturated heterocycles. The molecule has 2 atom stereocenters. The van der Waals surface area contributed by atoms with Crippen molar-refractivity contribution in [2.75, 3.05) is 13.7 Å². The van der Waals surface area contributed by atoms with Gasteiger partial charge in [0.1, 0.15) is 0 Å². The monoisotopic (exact) mass is 198 g/mol. The van der Waals surface area contributed by atoms with Gasteiger partial charge in [0, 0.05) is 6.04 Å². The summed E-state index contributed by atoms with van der Waals surface area (Å²) >= 11 is 1.56. The molecule has 1 aromatic rings. The number of hydrogen-bond acceptors (Lipinski definition) is 4. The SMILES string of the molecule is CNC1COC(c2cc(C)ns2)C1. The van der Waals surface area contributed by atoms with Gasteiger partial charge in [-0.05, 0) is 38.0 Å². The molecule has 0 spiro atoms. The summed E-state index contributed by atoms with van der Waals surface area (Å²) in [5.74, 6) is 0. The summed E-state index contributed by atoms with van der Waals surface area (Å²) in [6.07, 6.45) is 1.33. The maximum atomic E-state index is 5.66. The zero-order valence-corrected chi connectivity index (χ0v) is 8.73. The molecule has 1 fully saturated rings. The van der Waals surface area contributed by atoms with Crippen molar-refractivity contribution in [2.24, 2.45) is 0 Å². The number of aryl methyl sites for hydroxylation is 1. The second-order valence-electron chi connectivity index (χ2n) is 3.41. The fraction of sp³-hybridized carbons (Fsp3) is 0.667. The van der Waals surface area contributed by atoms with E-state index in [2.05, 4.69) is 15.8 Å². The standard InChI is InChI=1S/C9H14N2OS/c1-6-3-9(13-11-6)8-4-7(10-2)5-12-8/h3,7-8,10H,4-5H2,1-2H3. The van der Waals surface area contributed by atoms with Gasteiger partial charge in [0.05, 0.1) is 23.3 Å². The lowest BCUT2D eigenvalue weighted by Crippen LogP contribution is -2.24.